The minimum absolute atomic E-state index is 0.411. The molecule has 62 valence electrons. The lowest BCUT2D eigenvalue weighted by atomic mass is 10.1. The molecule has 2 rings (SSSR count). The number of urea groups is 1. The fourth-order valence-electron chi connectivity index (χ4n) is 1.28. The van der Waals surface area contributed by atoms with Gasteiger partial charge in [-0.3, -0.25) is 4.90 Å². The second-order valence-electron chi connectivity index (χ2n) is 2.72. The van der Waals surface area contributed by atoms with Crippen LogP contribution in [0.3, 0.4) is 0 Å². The lowest BCUT2D eigenvalue weighted by molar-refractivity contribution is 0.229. The number of primary amides is 1. The van der Waals surface area contributed by atoms with Crippen LogP contribution in [0.2, 0.25) is 0 Å². The number of hydrogen-bond acceptors (Lipinski definition) is 2. The van der Waals surface area contributed by atoms with Gasteiger partial charge >= 0.3 is 6.03 Å². The van der Waals surface area contributed by atoms with Crippen molar-refractivity contribution in [1.82, 2.24) is 10.2 Å². The first-order valence-electron chi connectivity index (χ1n) is 3.67. The maximum atomic E-state index is 10.8. The summed E-state index contributed by atoms with van der Waals surface area (Å²) >= 11 is 0. The van der Waals surface area contributed by atoms with Crippen molar-refractivity contribution in [3.05, 3.63) is 35.8 Å². The maximum Gasteiger partial charge on any atom is 0.319 e. The number of nitrogens with one attached hydrogen (secondary N) is 1. The van der Waals surface area contributed by atoms with Gasteiger partial charge in [0.25, 0.3) is 0 Å². The van der Waals surface area contributed by atoms with E-state index in [0.717, 1.165) is 11.1 Å². The van der Waals surface area contributed by atoms with Crippen molar-refractivity contribution in [3.8, 4) is 0 Å². The summed E-state index contributed by atoms with van der Waals surface area (Å²) in [6, 6.07) is -0.411. The zero-order valence-corrected chi connectivity index (χ0v) is 6.45. The van der Waals surface area contributed by atoms with Gasteiger partial charge in [-0.05, 0) is 17.2 Å². The number of nitrogens with two attached hydrogens (primary N) is 1. The number of rotatable bonds is 0. The standard InChI is InChI=1S/C8H9N3O/c9-8(12)11-4-6-1-2-10-3-7(6)5-11/h1-4,10H,5H2,(H2,9,12). The van der Waals surface area contributed by atoms with Gasteiger partial charge in [-0.15, -0.1) is 0 Å². The molecule has 0 aliphatic carbocycles. The highest BCUT2D eigenvalue weighted by atomic mass is 16.2. The smallest absolute Gasteiger partial charge is 0.319 e. The Bertz CT molecular complexity index is 314. The van der Waals surface area contributed by atoms with Gasteiger partial charge in [0.05, 0.1) is 6.54 Å². The number of allylic oxidation sites excluding steroid dienone is 1. The normalized spacial score (nSPS) is 19.5. The van der Waals surface area contributed by atoms with E-state index in [4.69, 9.17) is 5.73 Å². The fraction of sp³-hybridized carbons (Fsp3) is 0.125. The molecule has 0 saturated carbocycles. The molecule has 3 N–H and O–H groups in total. The van der Waals surface area contributed by atoms with E-state index < -0.39 is 6.03 Å². The first-order chi connectivity index (χ1) is 5.77. The van der Waals surface area contributed by atoms with Gasteiger partial charge in [-0.2, -0.15) is 0 Å². The predicted molar refractivity (Wildman–Crippen MR) is 44.7 cm³/mol. The summed E-state index contributed by atoms with van der Waals surface area (Å²) in [4.78, 5) is 12.3. The summed E-state index contributed by atoms with van der Waals surface area (Å²) < 4.78 is 0. The molecule has 0 radical (unpaired) electrons. The molecule has 12 heavy (non-hydrogen) atoms. The number of hydrogen-bond donors (Lipinski definition) is 2. The topological polar surface area (TPSA) is 58.4 Å². The number of dihydropyridines is 1. The molecule has 4 nitrogen and oxygen atoms in total. The van der Waals surface area contributed by atoms with Gasteiger partial charge in [0.15, 0.2) is 0 Å². The largest absolute Gasteiger partial charge is 0.367 e. The Morgan fingerprint density at radius 2 is 2.50 bits per heavy atom. The first kappa shape index (κ1) is 6.97. The lowest BCUT2D eigenvalue weighted by Crippen LogP contribution is -2.29. The molecule has 0 fully saturated rings. The zero-order chi connectivity index (χ0) is 8.55. The third kappa shape index (κ3) is 0.972. The highest BCUT2D eigenvalue weighted by Crippen LogP contribution is 2.22. The van der Waals surface area contributed by atoms with Gasteiger partial charge < -0.3 is 11.1 Å². The Labute approximate surface area is 70.0 Å². The van der Waals surface area contributed by atoms with Crippen LogP contribution in [0.15, 0.2) is 35.8 Å². The molecule has 2 amide bonds. The molecule has 0 atom stereocenters. The molecule has 0 saturated heterocycles. The van der Waals surface area contributed by atoms with E-state index in [-0.39, 0.29) is 0 Å². The minimum atomic E-state index is -0.411. The van der Waals surface area contributed by atoms with E-state index >= 15 is 0 Å². The quantitative estimate of drug-likeness (QED) is 0.538. The molecule has 0 aromatic carbocycles. The Morgan fingerprint density at radius 3 is 3.17 bits per heavy atom. The van der Waals surface area contributed by atoms with Crippen molar-refractivity contribution in [1.29, 1.82) is 0 Å². The van der Waals surface area contributed by atoms with Crippen LogP contribution in [0.4, 0.5) is 4.79 Å². The summed E-state index contributed by atoms with van der Waals surface area (Å²) in [5.74, 6) is 0. The fourth-order valence-corrected chi connectivity index (χ4v) is 1.28. The SMILES string of the molecule is NC(=O)N1C=C2C=CNC=C2C1. The number of carbonyl (C=O) groups is 1. The van der Waals surface area contributed by atoms with Crippen LogP contribution in [-0.4, -0.2) is 17.5 Å². The molecule has 2 aliphatic rings. The van der Waals surface area contributed by atoms with E-state index in [9.17, 15) is 4.79 Å². The highest BCUT2D eigenvalue weighted by Gasteiger charge is 2.20. The molecule has 2 aliphatic heterocycles. The van der Waals surface area contributed by atoms with Gasteiger partial charge in [-0.25, -0.2) is 4.79 Å². The van der Waals surface area contributed by atoms with Crippen molar-refractivity contribution in [2.75, 3.05) is 6.54 Å². The zero-order valence-electron chi connectivity index (χ0n) is 6.45. The molecule has 0 aromatic rings. The molecule has 0 unspecified atom stereocenters. The number of nitrogens with zero attached hydrogens (tertiary/aromatic N) is 1. The second-order valence-corrected chi connectivity index (χ2v) is 2.72. The Hall–Kier alpha value is -1.71. The van der Waals surface area contributed by atoms with Gasteiger partial charge in [0.2, 0.25) is 0 Å². The number of fused-ring (bicyclic) bond motifs is 1. The van der Waals surface area contributed by atoms with Crippen LogP contribution in [0, 0.1) is 0 Å². The molecule has 4 heteroatoms. The number of carbonyl (C=O) groups excluding carboxylic acids is 1. The van der Waals surface area contributed by atoms with E-state index in [1.54, 1.807) is 6.20 Å². The van der Waals surface area contributed by atoms with E-state index in [0.29, 0.717) is 6.54 Å². The van der Waals surface area contributed by atoms with Crippen molar-refractivity contribution in [3.63, 3.8) is 0 Å². The highest BCUT2D eigenvalue weighted by molar-refractivity contribution is 5.75. The van der Waals surface area contributed by atoms with Gasteiger partial charge in [-0.1, -0.05) is 0 Å². The second kappa shape index (κ2) is 2.41. The van der Waals surface area contributed by atoms with E-state index in [1.807, 2.05) is 18.5 Å². The summed E-state index contributed by atoms with van der Waals surface area (Å²) in [6.45, 7) is 0.571. The summed E-state index contributed by atoms with van der Waals surface area (Å²) in [5.41, 5.74) is 7.27. The van der Waals surface area contributed by atoms with Crippen LogP contribution in [0.25, 0.3) is 0 Å². The van der Waals surface area contributed by atoms with Crippen molar-refractivity contribution < 1.29 is 4.79 Å². The average molecular weight is 163 g/mol. The van der Waals surface area contributed by atoms with Crippen molar-refractivity contribution in [2.24, 2.45) is 5.73 Å². The Kier molecular flexibility index (Phi) is 1.40. The monoisotopic (exact) mass is 163 g/mol. The van der Waals surface area contributed by atoms with Crippen LogP contribution in [0.5, 0.6) is 0 Å². The summed E-state index contributed by atoms with van der Waals surface area (Å²) in [5, 5.41) is 2.95. The third-order valence-corrected chi connectivity index (χ3v) is 1.91. The van der Waals surface area contributed by atoms with Gasteiger partial charge in [0, 0.05) is 18.6 Å². The van der Waals surface area contributed by atoms with Crippen LogP contribution in [-0.2, 0) is 0 Å². The molecule has 2 heterocycles. The average Bonchev–Trinajstić information content (AvgIpc) is 2.46. The summed E-state index contributed by atoms with van der Waals surface area (Å²) in [7, 11) is 0. The molecule has 0 bridgehead atoms. The van der Waals surface area contributed by atoms with Crippen LogP contribution >= 0.6 is 0 Å². The number of amides is 2. The molecular weight excluding hydrogens is 154 g/mol. The maximum absolute atomic E-state index is 10.8. The van der Waals surface area contributed by atoms with Crippen LogP contribution < -0.4 is 11.1 Å². The Balaban J connectivity index is 2.27. The van der Waals surface area contributed by atoms with Crippen LogP contribution in [0.1, 0.15) is 0 Å². The van der Waals surface area contributed by atoms with E-state index in [1.165, 1.54) is 4.90 Å². The lowest BCUT2D eigenvalue weighted by Gasteiger charge is -2.09. The first-order valence-corrected chi connectivity index (χ1v) is 3.67. The molecular formula is C8H9N3O. The third-order valence-electron chi connectivity index (χ3n) is 1.91. The minimum Gasteiger partial charge on any atom is -0.367 e. The molecule has 0 aromatic heterocycles. The predicted octanol–water partition coefficient (Wildman–Crippen LogP) is 0.265. The Morgan fingerprint density at radius 1 is 1.67 bits per heavy atom. The molecule has 0 spiro atoms. The van der Waals surface area contributed by atoms with E-state index in [2.05, 4.69) is 5.32 Å². The van der Waals surface area contributed by atoms with Crippen molar-refractivity contribution in [2.45, 2.75) is 0 Å². The van der Waals surface area contributed by atoms with Gasteiger partial charge in [0.1, 0.15) is 0 Å². The summed E-state index contributed by atoms with van der Waals surface area (Å²) in [6.07, 6.45) is 7.36. The van der Waals surface area contributed by atoms with Crippen molar-refractivity contribution >= 4 is 6.03 Å².